The fourth-order valence-electron chi connectivity index (χ4n) is 2.35. The lowest BCUT2D eigenvalue weighted by Gasteiger charge is -2.11. The van der Waals surface area contributed by atoms with Crippen LogP contribution in [0, 0.1) is 0 Å². The van der Waals surface area contributed by atoms with E-state index in [-0.39, 0.29) is 29.6 Å². The van der Waals surface area contributed by atoms with Crippen molar-refractivity contribution < 1.29 is 28.6 Å². The molecule has 0 aliphatic rings. The van der Waals surface area contributed by atoms with Crippen molar-refractivity contribution >= 4 is 29.0 Å². The molecule has 7 nitrogen and oxygen atoms in total. The van der Waals surface area contributed by atoms with Gasteiger partial charge in [-0.05, 0) is 30.7 Å². The van der Waals surface area contributed by atoms with Gasteiger partial charge in [0, 0.05) is 18.3 Å². The minimum absolute atomic E-state index is 0.0947. The number of esters is 1. The average molecular weight is 391 g/mol. The molecule has 0 atom stereocenters. The van der Waals surface area contributed by atoms with Crippen LogP contribution in [-0.2, 0) is 16.0 Å². The molecule has 1 heterocycles. The SMILES string of the molecule is COc1cccc(C(=O)OCC(=O)c2ccc(CCNC(C)=O)s2)c1OC. The number of ether oxygens (including phenoxy) is 3. The topological polar surface area (TPSA) is 90.9 Å². The first kappa shape index (κ1) is 20.4. The quantitative estimate of drug-likeness (QED) is 0.522. The minimum atomic E-state index is -0.665. The summed E-state index contributed by atoms with van der Waals surface area (Å²) in [5.41, 5.74) is 0.187. The Labute approximate surface area is 161 Å². The Morgan fingerprint density at radius 1 is 1.07 bits per heavy atom. The third-order valence-electron chi connectivity index (χ3n) is 3.64. The standard InChI is InChI=1S/C19H21NO6S/c1-12(21)20-10-9-13-7-8-17(27-13)15(22)11-26-19(23)14-5-4-6-16(24-2)18(14)25-3/h4-8H,9-11H2,1-3H3,(H,20,21). The molecule has 144 valence electrons. The lowest BCUT2D eigenvalue weighted by Crippen LogP contribution is -2.22. The Morgan fingerprint density at radius 3 is 2.52 bits per heavy atom. The van der Waals surface area contributed by atoms with Gasteiger partial charge in [-0.2, -0.15) is 0 Å². The number of Topliss-reactive ketones (excluding diaryl/α,β-unsaturated/α-hetero) is 1. The summed E-state index contributed by atoms with van der Waals surface area (Å²) in [5, 5.41) is 2.70. The zero-order chi connectivity index (χ0) is 19.8. The number of nitrogens with one attached hydrogen (secondary N) is 1. The monoisotopic (exact) mass is 391 g/mol. The molecule has 1 N–H and O–H groups in total. The molecule has 1 amide bonds. The van der Waals surface area contributed by atoms with Crippen LogP contribution in [0.2, 0.25) is 0 Å². The number of hydrogen-bond acceptors (Lipinski definition) is 7. The highest BCUT2D eigenvalue weighted by Crippen LogP contribution is 2.31. The van der Waals surface area contributed by atoms with Crippen LogP contribution in [-0.4, -0.2) is 45.0 Å². The third-order valence-corrected chi connectivity index (χ3v) is 4.83. The van der Waals surface area contributed by atoms with Gasteiger partial charge in [-0.3, -0.25) is 9.59 Å². The smallest absolute Gasteiger partial charge is 0.342 e. The van der Waals surface area contributed by atoms with Crippen LogP contribution in [0.25, 0.3) is 0 Å². The van der Waals surface area contributed by atoms with Crippen molar-refractivity contribution in [1.29, 1.82) is 0 Å². The van der Waals surface area contributed by atoms with Crippen LogP contribution in [0.5, 0.6) is 11.5 Å². The molecule has 1 aromatic carbocycles. The van der Waals surface area contributed by atoms with Crippen LogP contribution in [0.1, 0.15) is 31.8 Å². The Hall–Kier alpha value is -2.87. The summed E-state index contributed by atoms with van der Waals surface area (Å²) < 4.78 is 15.5. The molecule has 1 aromatic heterocycles. The fraction of sp³-hybridized carbons (Fsp3) is 0.316. The van der Waals surface area contributed by atoms with Crippen molar-refractivity contribution in [2.45, 2.75) is 13.3 Å². The van der Waals surface area contributed by atoms with Gasteiger partial charge in [0.15, 0.2) is 18.1 Å². The van der Waals surface area contributed by atoms with Crippen LogP contribution >= 0.6 is 11.3 Å². The maximum Gasteiger partial charge on any atom is 0.342 e. The van der Waals surface area contributed by atoms with Gasteiger partial charge in [-0.25, -0.2) is 4.79 Å². The number of methoxy groups -OCH3 is 2. The second-order valence-corrected chi connectivity index (χ2v) is 6.71. The number of hydrogen-bond donors (Lipinski definition) is 1. The molecular formula is C19H21NO6S. The number of amides is 1. The van der Waals surface area contributed by atoms with E-state index in [1.807, 2.05) is 6.07 Å². The Balaban J connectivity index is 1.95. The first-order chi connectivity index (χ1) is 13.0. The first-order valence-electron chi connectivity index (χ1n) is 8.20. The van der Waals surface area contributed by atoms with Gasteiger partial charge in [0.25, 0.3) is 0 Å². The van der Waals surface area contributed by atoms with E-state index < -0.39 is 5.97 Å². The zero-order valence-corrected chi connectivity index (χ0v) is 16.2. The summed E-state index contributed by atoms with van der Waals surface area (Å²) in [5.74, 6) is -0.389. The Kier molecular flexibility index (Phi) is 7.36. The molecule has 0 aliphatic heterocycles. The number of benzene rings is 1. The summed E-state index contributed by atoms with van der Waals surface area (Å²) >= 11 is 1.32. The van der Waals surface area contributed by atoms with Gasteiger partial charge in [0.05, 0.1) is 19.1 Å². The molecule has 0 bridgehead atoms. The van der Waals surface area contributed by atoms with Gasteiger partial charge >= 0.3 is 5.97 Å². The molecular weight excluding hydrogens is 370 g/mol. The molecule has 0 unspecified atom stereocenters. The van der Waals surface area contributed by atoms with E-state index in [1.54, 1.807) is 24.3 Å². The number of carbonyl (C=O) groups is 3. The Morgan fingerprint density at radius 2 is 1.85 bits per heavy atom. The van der Waals surface area contributed by atoms with Crippen LogP contribution in [0.4, 0.5) is 0 Å². The summed E-state index contributed by atoms with van der Waals surface area (Å²) in [4.78, 5) is 36.9. The van der Waals surface area contributed by atoms with Crippen molar-refractivity contribution in [2.24, 2.45) is 0 Å². The summed E-state index contributed by atoms with van der Waals surface area (Å²) in [6.45, 7) is 1.59. The number of carbonyl (C=O) groups excluding carboxylic acids is 3. The van der Waals surface area contributed by atoms with E-state index in [2.05, 4.69) is 5.32 Å². The van der Waals surface area contributed by atoms with Crippen molar-refractivity contribution in [2.75, 3.05) is 27.4 Å². The van der Waals surface area contributed by atoms with Gasteiger partial charge in [0.1, 0.15) is 5.56 Å². The first-order valence-corrected chi connectivity index (χ1v) is 9.02. The van der Waals surface area contributed by atoms with Crippen molar-refractivity contribution in [3.05, 3.63) is 45.6 Å². The normalized spacial score (nSPS) is 10.2. The molecule has 0 spiro atoms. The Bertz CT molecular complexity index is 829. The lowest BCUT2D eigenvalue weighted by atomic mass is 10.2. The van der Waals surface area contributed by atoms with E-state index in [4.69, 9.17) is 14.2 Å². The maximum absolute atomic E-state index is 12.3. The van der Waals surface area contributed by atoms with E-state index in [0.29, 0.717) is 23.6 Å². The number of para-hydroxylation sites is 1. The lowest BCUT2D eigenvalue weighted by molar-refractivity contribution is -0.118. The van der Waals surface area contributed by atoms with E-state index in [0.717, 1.165) is 4.88 Å². The van der Waals surface area contributed by atoms with Gasteiger partial charge in [-0.1, -0.05) is 6.07 Å². The van der Waals surface area contributed by atoms with Crippen LogP contribution in [0.3, 0.4) is 0 Å². The molecule has 0 fully saturated rings. The predicted octanol–water partition coefficient (Wildman–Crippen LogP) is 2.48. The highest BCUT2D eigenvalue weighted by atomic mass is 32.1. The molecule has 2 rings (SSSR count). The molecule has 2 aromatic rings. The van der Waals surface area contributed by atoms with Crippen LogP contribution in [0.15, 0.2) is 30.3 Å². The zero-order valence-electron chi connectivity index (χ0n) is 15.4. The fourth-order valence-corrected chi connectivity index (χ4v) is 3.28. The van der Waals surface area contributed by atoms with E-state index in [9.17, 15) is 14.4 Å². The molecule has 0 saturated heterocycles. The molecule has 0 radical (unpaired) electrons. The van der Waals surface area contributed by atoms with Gasteiger partial charge in [-0.15, -0.1) is 11.3 Å². The molecule has 8 heteroatoms. The summed E-state index contributed by atoms with van der Waals surface area (Å²) in [7, 11) is 2.89. The minimum Gasteiger partial charge on any atom is -0.493 e. The van der Waals surface area contributed by atoms with Crippen molar-refractivity contribution in [3.63, 3.8) is 0 Å². The third kappa shape index (κ3) is 5.55. The second kappa shape index (κ2) is 9.72. The van der Waals surface area contributed by atoms with Gasteiger partial charge in [0.2, 0.25) is 11.7 Å². The molecule has 0 saturated carbocycles. The van der Waals surface area contributed by atoms with E-state index in [1.165, 1.54) is 32.5 Å². The largest absolute Gasteiger partial charge is 0.493 e. The average Bonchev–Trinajstić information content (AvgIpc) is 3.13. The highest BCUT2D eigenvalue weighted by Gasteiger charge is 2.19. The maximum atomic E-state index is 12.3. The van der Waals surface area contributed by atoms with Crippen molar-refractivity contribution in [3.8, 4) is 11.5 Å². The summed E-state index contributed by atoms with van der Waals surface area (Å²) in [6.07, 6.45) is 0.637. The van der Waals surface area contributed by atoms with Crippen LogP contribution < -0.4 is 14.8 Å². The number of ketones is 1. The summed E-state index contributed by atoms with van der Waals surface area (Å²) in [6, 6.07) is 8.36. The number of thiophene rings is 1. The van der Waals surface area contributed by atoms with E-state index >= 15 is 0 Å². The second-order valence-electron chi connectivity index (χ2n) is 5.54. The molecule has 27 heavy (non-hydrogen) atoms. The highest BCUT2D eigenvalue weighted by molar-refractivity contribution is 7.14. The number of rotatable bonds is 9. The molecule has 0 aliphatic carbocycles. The van der Waals surface area contributed by atoms with Gasteiger partial charge < -0.3 is 19.5 Å². The predicted molar refractivity (Wildman–Crippen MR) is 101 cm³/mol. The van der Waals surface area contributed by atoms with Crippen molar-refractivity contribution in [1.82, 2.24) is 5.32 Å².